The lowest BCUT2D eigenvalue weighted by atomic mass is 10.1. The highest BCUT2D eigenvalue weighted by Crippen LogP contribution is 2.44. The summed E-state index contributed by atoms with van der Waals surface area (Å²) in [5.41, 5.74) is 2.53. The highest BCUT2D eigenvalue weighted by atomic mass is 16.5. The van der Waals surface area contributed by atoms with Crippen LogP contribution in [0.25, 0.3) is 0 Å². The Bertz CT molecular complexity index is 1320. The lowest BCUT2D eigenvalue weighted by molar-refractivity contribution is 0.319. The molecular formula is C25H29N5O5. The van der Waals surface area contributed by atoms with Gasteiger partial charge in [-0.3, -0.25) is 14.7 Å². The van der Waals surface area contributed by atoms with Gasteiger partial charge in [-0.1, -0.05) is 6.92 Å². The molecule has 3 aromatic rings. The predicted octanol–water partition coefficient (Wildman–Crippen LogP) is 3.59. The van der Waals surface area contributed by atoms with E-state index < -0.39 is 6.17 Å². The van der Waals surface area contributed by atoms with Crippen molar-refractivity contribution < 1.29 is 18.9 Å². The fourth-order valence-electron chi connectivity index (χ4n) is 4.13. The van der Waals surface area contributed by atoms with Crippen LogP contribution in [0.3, 0.4) is 0 Å². The lowest BCUT2D eigenvalue weighted by Gasteiger charge is -2.29. The number of aromatic nitrogens is 2. The molecule has 0 saturated carbocycles. The topological polar surface area (TPSA) is 108 Å². The van der Waals surface area contributed by atoms with E-state index in [0.29, 0.717) is 52.4 Å². The number of aliphatic imine (C=N–C) groups is 1. The van der Waals surface area contributed by atoms with Crippen molar-refractivity contribution in [3.8, 4) is 23.0 Å². The molecule has 0 fully saturated rings. The van der Waals surface area contributed by atoms with E-state index in [-0.39, 0.29) is 5.56 Å². The number of ether oxygens (including phenoxy) is 4. The Kier molecular flexibility index (Phi) is 6.81. The van der Waals surface area contributed by atoms with Gasteiger partial charge in [0.15, 0.2) is 17.7 Å². The van der Waals surface area contributed by atoms with Gasteiger partial charge < -0.3 is 24.3 Å². The first-order chi connectivity index (χ1) is 16.9. The van der Waals surface area contributed by atoms with Gasteiger partial charge in [-0.05, 0) is 49.7 Å². The number of methoxy groups -OCH3 is 4. The minimum atomic E-state index is -0.771. The normalized spacial score (nSPS) is 14.3. The second-order valence-corrected chi connectivity index (χ2v) is 7.78. The van der Waals surface area contributed by atoms with E-state index in [1.807, 2.05) is 44.2 Å². The Balaban J connectivity index is 1.90. The SMILES string of the molecule is CCc1c(C)nc2n(c1=O)[C@@H](c1ccc(OC)c(OC)c1OC)N=C(Nc1ccc(OC)cc1)N2. The largest absolute Gasteiger partial charge is 0.497 e. The van der Waals surface area contributed by atoms with Gasteiger partial charge in [-0.15, -0.1) is 0 Å². The molecule has 0 radical (unpaired) electrons. The Labute approximate surface area is 203 Å². The van der Waals surface area contributed by atoms with Crippen LogP contribution >= 0.6 is 0 Å². The van der Waals surface area contributed by atoms with Gasteiger partial charge in [-0.25, -0.2) is 9.98 Å². The summed E-state index contributed by atoms with van der Waals surface area (Å²) in [6.45, 7) is 3.76. The van der Waals surface area contributed by atoms with E-state index >= 15 is 0 Å². The van der Waals surface area contributed by atoms with Gasteiger partial charge in [0.1, 0.15) is 5.75 Å². The minimum Gasteiger partial charge on any atom is -0.497 e. The highest BCUT2D eigenvalue weighted by molar-refractivity contribution is 6.03. The lowest BCUT2D eigenvalue weighted by Crippen LogP contribution is -2.39. The summed E-state index contributed by atoms with van der Waals surface area (Å²) in [5.74, 6) is 2.87. The average molecular weight is 480 g/mol. The summed E-state index contributed by atoms with van der Waals surface area (Å²) < 4.78 is 23.5. The molecule has 1 atom stereocenters. The molecule has 1 aliphatic heterocycles. The van der Waals surface area contributed by atoms with Crippen molar-refractivity contribution >= 4 is 17.6 Å². The quantitative estimate of drug-likeness (QED) is 0.529. The van der Waals surface area contributed by atoms with E-state index in [0.717, 1.165) is 11.4 Å². The fraction of sp³-hybridized carbons (Fsp3) is 0.320. The molecule has 10 nitrogen and oxygen atoms in total. The standard InChI is InChI=1S/C25H29N5O5/c1-7-17-14(2)26-25-29-24(27-15-8-10-16(32-3)11-9-15)28-22(30(25)23(17)31)18-12-13-19(33-4)21(35-6)20(18)34-5/h8-13,22H,7H2,1-6H3,(H2,26,27,28,29)/t22-/m0/s1. The maximum atomic E-state index is 13.5. The number of aryl methyl sites for hydroxylation is 1. The van der Waals surface area contributed by atoms with Crippen LogP contribution in [0.2, 0.25) is 0 Å². The first kappa shape index (κ1) is 23.9. The van der Waals surface area contributed by atoms with Crippen molar-refractivity contribution in [2.24, 2.45) is 4.99 Å². The molecule has 0 saturated heterocycles. The van der Waals surface area contributed by atoms with Gasteiger partial charge in [-0.2, -0.15) is 0 Å². The third-order valence-electron chi connectivity index (χ3n) is 5.86. The van der Waals surface area contributed by atoms with E-state index in [9.17, 15) is 4.79 Å². The first-order valence-corrected chi connectivity index (χ1v) is 11.1. The van der Waals surface area contributed by atoms with E-state index in [1.54, 1.807) is 20.3 Å². The number of hydrogen-bond acceptors (Lipinski definition) is 9. The van der Waals surface area contributed by atoms with Gasteiger partial charge >= 0.3 is 0 Å². The number of nitrogens with one attached hydrogen (secondary N) is 2. The molecule has 10 heteroatoms. The summed E-state index contributed by atoms with van der Waals surface area (Å²) in [7, 11) is 6.24. The second kappa shape index (κ2) is 9.96. The molecular weight excluding hydrogens is 450 g/mol. The Morgan fingerprint density at radius 3 is 2.29 bits per heavy atom. The zero-order chi connectivity index (χ0) is 25.1. The fourth-order valence-corrected chi connectivity index (χ4v) is 4.13. The molecule has 0 spiro atoms. The molecule has 2 aromatic carbocycles. The average Bonchev–Trinajstić information content (AvgIpc) is 2.87. The van der Waals surface area contributed by atoms with Gasteiger partial charge in [0, 0.05) is 22.5 Å². The molecule has 35 heavy (non-hydrogen) atoms. The smallest absolute Gasteiger partial charge is 0.260 e. The third-order valence-corrected chi connectivity index (χ3v) is 5.86. The number of hydrogen-bond donors (Lipinski definition) is 2. The number of nitrogens with zero attached hydrogens (tertiary/aromatic N) is 3. The molecule has 2 N–H and O–H groups in total. The van der Waals surface area contributed by atoms with Crippen LogP contribution in [0.15, 0.2) is 46.2 Å². The zero-order valence-corrected chi connectivity index (χ0v) is 20.6. The molecule has 1 aliphatic rings. The molecule has 1 aromatic heterocycles. The van der Waals surface area contributed by atoms with Gasteiger partial charge in [0.2, 0.25) is 17.7 Å². The van der Waals surface area contributed by atoms with Crippen LogP contribution in [0.5, 0.6) is 23.0 Å². The number of rotatable bonds is 7. The molecule has 0 amide bonds. The summed E-state index contributed by atoms with van der Waals surface area (Å²) in [6.07, 6.45) is -0.221. The Hall–Kier alpha value is -4.21. The number of guanidine groups is 1. The zero-order valence-electron chi connectivity index (χ0n) is 20.6. The van der Waals surface area contributed by atoms with Crippen molar-refractivity contribution in [2.75, 3.05) is 39.1 Å². The number of fused-ring (bicyclic) bond motifs is 1. The first-order valence-electron chi connectivity index (χ1n) is 11.1. The molecule has 0 aliphatic carbocycles. The van der Waals surface area contributed by atoms with Crippen LogP contribution in [0, 0.1) is 6.92 Å². The van der Waals surface area contributed by atoms with Crippen molar-refractivity contribution in [2.45, 2.75) is 26.4 Å². The summed E-state index contributed by atoms with van der Waals surface area (Å²) in [6, 6.07) is 11.0. The van der Waals surface area contributed by atoms with E-state index in [4.69, 9.17) is 23.9 Å². The number of benzene rings is 2. The minimum absolute atomic E-state index is 0.170. The van der Waals surface area contributed by atoms with Crippen LogP contribution in [0.4, 0.5) is 11.6 Å². The van der Waals surface area contributed by atoms with Crippen LogP contribution in [-0.4, -0.2) is 43.9 Å². The van der Waals surface area contributed by atoms with Crippen molar-refractivity contribution in [1.29, 1.82) is 0 Å². The summed E-state index contributed by atoms with van der Waals surface area (Å²) in [4.78, 5) is 23.1. The highest BCUT2D eigenvalue weighted by Gasteiger charge is 2.31. The molecule has 4 rings (SSSR count). The van der Waals surface area contributed by atoms with Crippen LogP contribution in [-0.2, 0) is 6.42 Å². The Morgan fingerprint density at radius 2 is 1.69 bits per heavy atom. The predicted molar refractivity (Wildman–Crippen MR) is 135 cm³/mol. The van der Waals surface area contributed by atoms with Crippen LogP contribution in [0.1, 0.15) is 29.9 Å². The molecule has 2 heterocycles. The number of anilines is 2. The monoisotopic (exact) mass is 479 g/mol. The maximum Gasteiger partial charge on any atom is 0.260 e. The van der Waals surface area contributed by atoms with Crippen molar-refractivity contribution in [3.63, 3.8) is 0 Å². The van der Waals surface area contributed by atoms with Crippen molar-refractivity contribution in [3.05, 3.63) is 63.6 Å². The second-order valence-electron chi connectivity index (χ2n) is 7.78. The summed E-state index contributed by atoms with van der Waals surface area (Å²) >= 11 is 0. The Morgan fingerprint density at radius 1 is 0.971 bits per heavy atom. The van der Waals surface area contributed by atoms with Gasteiger partial charge in [0.25, 0.3) is 5.56 Å². The third kappa shape index (κ3) is 4.34. The molecule has 0 bridgehead atoms. The maximum absolute atomic E-state index is 13.5. The van der Waals surface area contributed by atoms with Gasteiger partial charge in [0.05, 0.1) is 28.4 Å². The van der Waals surface area contributed by atoms with E-state index in [2.05, 4.69) is 15.6 Å². The molecule has 184 valence electrons. The van der Waals surface area contributed by atoms with E-state index in [1.165, 1.54) is 18.8 Å². The van der Waals surface area contributed by atoms with Crippen LogP contribution < -0.4 is 35.1 Å². The van der Waals surface area contributed by atoms with Crippen molar-refractivity contribution in [1.82, 2.24) is 9.55 Å². The summed E-state index contributed by atoms with van der Waals surface area (Å²) in [5, 5.41) is 6.42. The molecule has 0 unspecified atom stereocenters.